The summed E-state index contributed by atoms with van der Waals surface area (Å²) in [6, 6.07) is 11.4. The molecule has 4 rings (SSSR count). The molecule has 0 saturated carbocycles. The fourth-order valence-electron chi connectivity index (χ4n) is 3.53. The number of rotatable bonds is 8. The summed E-state index contributed by atoms with van der Waals surface area (Å²) in [5.74, 6) is -0.229. The first-order chi connectivity index (χ1) is 16.7. The van der Waals surface area contributed by atoms with Gasteiger partial charge in [-0.3, -0.25) is 9.36 Å². The van der Waals surface area contributed by atoms with Crippen molar-refractivity contribution in [1.82, 2.24) is 9.55 Å². The molecule has 0 saturated heterocycles. The second kappa shape index (κ2) is 9.85. The maximum Gasteiger partial charge on any atom is 0.359 e. The molecule has 10 nitrogen and oxygen atoms in total. The molecule has 1 N–H and O–H groups in total. The van der Waals surface area contributed by atoms with E-state index in [9.17, 15) is 9.59 Å². The number of aromatic nitrogens is 2. The fourth-order valence-corrected chi connectivity index (χ4v) is 3.66. The van der Waals surface area contributed by atoms with Crippen LogP contribution < -0.4 is 19.5 Å². The molecular formula is C24H24ClN3O7. The Morgan fingerprint density at radius 2 is 1.83 bits per heavy atom. The van der Waals surface area contributed by atoms with Crippen LogP contribution in [-0.4, -0.2) is 54.6 Å². The third-order valence-electron chi connectivity index (χ3n) is 5.04. The topological polar surface area (TPSA) is 110 Å². The number of ether oxygens (including phenoxy) is 5. The minimum absolute atomic E-state index is 0.0438. The van der Waals surface area contributed by atoms with E-state index >= 15 is 0 Å². The molecule has 0 radical (unpaired) electrons. The molecule has 0 atom stereocenters. The zero-order valence-electron chi connectivity index (χ0n) is 19.6. The summed E-state index contributed by atoms with van der Waals surface area (Å²) >= 11 is 5.93. The molecule has 1 aromatic heterocycles. The number of nitrogens with zero attached hydrogens (tertiary/aromatic N) is 2. The lowest BCUT2D eigenvalue weighted by atomic mass is 10.1. The number of hydrogen-bond donors (Lipinski definition) is 1. The second-order valence-corrected chi connectivity index (χ2v) is 8.65. The summed E-state index contributed by atoms with van der Waals surface area (Å²) in [6.45, 7) is 3.65. The Labute approximate surface area is 206 Å². The monoisotopic (exact) mass is 501 g/mol. The summed E-state index contributed by atoms with van der Waals surface area (Å²) in [4.78, 5) is 30.7. The van der Waals surface area contributed by atoms with Gasteiger partial charge in [0.2, 0.25) is 6.79 Å². The van der Waals surface area contributed by atoms with Gasteiger partial charge in [0.25, 0.3) is 5.91 Å². The zero-order chi connectivity index (χ0) is 25.2. The van der Waals surface area contributed by atoms with Crippen LogP contribution in [0.4, 0.5) is 5.82 Å². The molecular weight excluding hydrogens is 478 g/mol. The van der Waals surface area contributed by atoms with Gasteiger partial charge in [-0.2, -0.15) is 4.98 Å². The predicted octanol–water partition coefficient (Wildman–Crippen LogP) is 4.10. The number of nitrogens with one attached hydrogen (secondary N) is 1. The highest BCUT2D eigenvalue weighted by atomic mass is 35.5. The quantitative estimate of drug-likeness (QED) is 0.459. The van der Waals surface area contributed by atoms with Crippen LogP contribution in [0.25, 0.3) is 5.69 Å². The predicted molar refractivity (Wildman–Crippen MR) is 127 cm³/mol. The van der Waals surface area contributed by atoms with Crippen LogP contribution in [-0.2, 0) is 9.47 Å². The Balaban J connectivity index is 1.80. The van der Waals surface area contributed by atoms with Gasteiger partial charge >= 0.3 is 12.0 Å². The van der Waals surface area contributed by atoms with E-state index in [0.717, 1.165) is 0 Å². The molecule has 3 aromatic rings. The Kier molecular flexibility index (Phi) is 6.86. The summed E-state index contributed by atoms with van der Waals surface area (Å²) in [5, 5.41) is 3.17. The molecule has 35 heavy (non-hydrogen) atoms. The van der Waals surface area contributed by atoms with Gasteiger partial charge in [0.1, 0.15) is 5.60 Å². The van der Waals surface area contributed by atoms with E-state index < -0.39 is 17.5 Å². The number of anilines is 1. The lowest BCUT2D eigenvalue weighted by Crippen LogP contribution is -2.34. The molecule has 0 spiro atoms. The van der Waals surface area contributed by atoms with Crippen LogP contribution in [0.15, 0.2) is 42.5 Å². The molecule has 0 unspecified atom stereocenters. The van der Waals surface area contributed by atoms with Gasteiger partial charge in [0.05, 0.1) is 19.4 Å². The van der Waals surface area contributed by atoms with Gasteiger partial charge in [-0.15, -0.1) is 0 Å². The first kappa shape index (κ1) is 24.4. The molecule has 1 aliphatic rings. The Bertz CT molecular complexity index is 1250. The molecule has 1 amide bonds. The van der Waals surface area contributed by atoms with E-state index in [4.69, 9.17) is 35.3 Å². The number of esters is 1. The van der Waals surface area contributed by atoms with E-state index in [2.05, 4.69) is 10.3 Å². The second-order valence-electron chi connectivity index (χ2n) is 8.21. The first-order valence-electron chi connectivity index (χ1n) is 10.6. The molecule has 2 heterocycles. The maximum absolute atomic E-state index is 13.5. The highest BCUT2D eigenvalue weighted by Crippen LogP contribution is 2.37. The largest absolute Gasteiger partial charge is 0.468 e. The van der Waals surface area contributed by atoms with Crippen molar-refractivity contribution in [3.05, 3.63) is 58.7 Å². The number of fused-ring (bicyclic) bond motifs is 1. The van der Waals surface area contributed by atoms with Crippen molar-refractivity contribution in [2.45, 2.75) is 19.4 Å². The highest BCUT2D eigenvalue weighted by molar-refractivity contribution is 6.30. The van der Waals surface area contributed by atoms with Crippen LogP contribution in [0.5, 0.6) is 17.5 Å². The SMILES string of the molecule is COCC(C)(C)OC(=O)c1c(NC(=O)c2ccc(Cl)cc2)nc(OC)n1-c1ccc2c(c1)OCO2. The maximum atomic E-state index is 13.5. The number of hydrogen-bond acceptors (Lipinski definition) is 8. The number of halogens is 1. The first-order valence-corrected chi connectivity index (χ1v) is 11.0. The fraction of sp³-hybridized carbons (Fsp3) is 0.292. The molecule has 2 aromatic carbocycles. The van der Waals surface area contributed by atoms with E-state index in [-0.39, 0.29) is 30.9 Å². The Hall–Kier alpha value is -3.76. The summed E-state index contributed by atoms with van der Waals surface area (Å²) in [7, 11) is 2.91. The van der Waals surface area contributed by atoms with Gasteiger partial charge < -0.3 is 29.0 Å². The standard InChI is InChI=1S/C24H24ClN3O7/c1-24(2,12-31-3)35-22(30)19-20(26-21(29)14-5-7-15(25)8-6-14)27-23(32-4)28(19)16-9-10-17-18(11-16)34-13-33-17/h5-11H,12-13H2,1-4H3,(H,26,29). The molecule has 0 bridgehead atoms. The van der Waals surface area contributed by atoms with Crippen molar-refractivity contribution >= 4 is 29.3 Å². The third-order valence-corrected chi connectivity index (χ3v) is 5.29. The Morgan fingerprint density at radius 3 is 2.51 bits per heavy atom. The zero-order valence-corrected chi connectivity index (χ0v) is 20.3. The number of benzene rings is 2. The summed E-state index contributed by atoms with van der Waals surface area (Å²) < 4.78 is 28.6. The highest BCUT2D eigenvalue weighted by Gasteiger charge is 2.32. The van der Waals surface area contributed by atoms with Crippen LogP contribution in [0.3, 0.4) is 0 Å². The molecule has 184 valence electrons. The lowest BCUT2D eigenvalue weighted by Gasteiger charge is -2.24. The summed E-state index contributed by atoms with van der Waals surface area (Å²) in [6.07, 6.45) is 0. The van der Waals surface area contributed by atoms with E-state index in [1.807, 2.05) is 0 Å². The average Bonchev–Trinajstić information content (AvgIpc) is 3.42. The van der Waals surface area contributed by atoms with Gasteiger partial charge in [0, 0.05) is 23.8 Å². The van der Waals surface area contributed by atoms with Crippen molar-refractivity contribution < 1.29 is 33.3 Å². The number of amides is 1. The summed E-state index contributed by atoms with van der Waals surface area (Å²) in [5.41, 5.74) is -0.195. The van der Waals surface area contributed by atoms with Crippen molar-refractivity contribution in [1.29, 1.82) is 0 Å². The minimum Gasteiger partial charge on any atom is -0.468 e. The Morgan fingerprint density at radius 1 is 1.11 bits per heavy atom. The van der Waals surface area contributed by atoms with Crippen LogP contribution >= 0.6 is 11.6 Å². The van der Waals surface area contributed by atoms with Gasteiger partial charge in [-0.25, -0.2) is 4.79 Å². The van der Waals surface area contributed by atoms with Gasteiger partial charge in [0.15, 0.2) is 23.0 Å². The van der Waals surface area contributed by atoms with E-state index in [1.54, 1.807) is 56.3 Å². The van der Waals surface area contributed by atoms with Gasteiger partial charge in [-0.05, 0) is 50.2 Å². The van der Waals surface area contributed by atoms with Crippen LogP contribution in [0, 0.1) is 0 Å². The van der Waals surface area contributed by atoms with Crippen molar-refractivity contribution in [3.63, 3.8) is 0 Å². The molecule has 0 aliphatic carbocycles. The number of imidazole rings is 1. The van der Waals surface area contributed by atoms with Crippen LogP contribution in [0.1, 0.15) is 34.7 Å². The van der Waals surface area contributed by atoms with Crippen LogP contribution in [0.2, 0.25) is 5.02 Å². The van der Waals surface area contributed by atoms with Crippen molar-refractivity contribution in [3.8, 4) is 23.2 Å². The van der Waals surface area contributed by atoms with Gasteiger partial charge in [-0.1, -0.05) is 11.6 Å². The molecule has 1 aliphatic heterocycles. The normalized spacial score (nSPS) is 12.4. The van der Waals surface area contributed by atoms with Crippen molar-refractivity contribution in [2.24, 2.45) is 0 Å². The third kappa shape index (κ3) is 5.18. The number of carbonyl (C=O) groups excluding carboxylic acids is 2. The minimum atomic E-state index is -0.958. The smallest absolute Gasteiger partial charge is 0.359 e. The molecule has 11 heteroatoms. The van der Waals surface area contributed by atoms with Crippen molar-refractivity contribution in [2.75, 3.05) is 32.9 Å². The molecule has 0 fully saturated rings. The average molecular weight is 502 g/mol. The lowest BCUT2D eigenvalue weighted by molar-refractivity contribution is -0.0370. The van der Waals surface area contributed by atoms with E-state index in [0.29, 0.717) is 27.8 Å². The van der Waals surface area contributed by atoms with E-state index in [1.165, 1.54) is 18.8 Å². The number of methoxy groups -OCH3 is 2. The number of carbonyl (C=O) groups is 2.